The van der Waals surface area contributed by atoms with Gasteiger partial charge in [0.1, 0.15) is 22.5 Å². The fourth-order valence-electron chi connectivity index (χ4n) is 2.08. The lowest BCUT2D eigenvalue weighted by Crippen LogP contribution is -1.99. The zero-order valence-corrected chi connectivity index (χ0v) is 11.0. The number of rotatable bonds is 2. The van der Waals surface area contributed by atoms with Crippen LogP contribution in [-0.4, -0.2) is 20.1 Å². The predicted octanol–water partition coefficient (Wildman–Crippen LogP) is 3.00. The summed E-state index contributed by atoms with van der Waals surface area (Å²) >= 11 is 0. The van der Waals surface area contributed by atoms with Crippen LogP contribution in [0.25, 0.3) is 16.7 Å². The molecule has 0 unspecified atom stereocenters. The van der Waals surface area contributed by atoms with E-state index in [2.05, 4.69) is 17.1 Å². The zero-order chi connectivity index (χ0) is 13.4. The van der Waals surface area contributed by atoms with Crippen molar-refractivity contribution in [1.82, 2.24) is 15.0 Å². The number of phenols is 1. The van der Waals surface area contributed by atoms with Crippen molar-refractivity contribution in [1.29, 1.82) is 0 Å². The van der Waals surface area contributed by atoms with E-state index in [9.17, 15) is 5.11 Å². The third-order valence-corrected chi connectivity index (χ3v) is 3.20. The largest absolute Gasteiger partial charge is 0.506 e. The van der Waals surface area contributed by atoms with Crippen molar-refractivity contribution in [3.05, 3.63) is 47.5 Å². The molecule has 3 rings (SSSR count). The molecule has 0 fully saturated rings. The van der Waals surface area contributed by atoms with Crippen LogP contribution in [0.1, 0.15) is 18.1 Å². The van der Waals surface area contributed by atoms with Crippen LogP contribution in [0, 0.1) is 6.92 Å². The molecule has 19 heavy (non-hydrogen) atoms. The molecule has 0 aliphatic carbocycles. The van der Waals surface area contributed by atoms with Gasteiger partial charge in [0, 0.05) is 0 Å². The molecule has 4 nitrogen and oxygen atoms in total. The van der Waals surface area contributed by atoms with Crippen molar-refractivity contribution in [2.45, 2.75) is 20.3 Å². The third kappa shape index (κ3) is 2.05. The molecule has 0 aliphatic heterocycles. The Hall–Kier alpha value is -2.36. The molecule has 96 valence electrons. The van der Waals surface area contributed by atoms with Crippen molar-refractivity contribution in [2.75, 3.05) is 0 Å². The number of aromatic hydroxyl groups is 1. The Balaban J connectivity index is 2.18. The smallest absolute Gasteiger partial charge is 0.143 e. The molecule has 0 bridgehead atoms. The van der Waals surface area contributed by atoms with Gasteiger partial charge in [0.2, 0.25) is 0 Å². The molecule has 0 saturated heterocycles. The second-order valence-electron chi connectivity index (χ2n) is 4.66. The van der Waals surface area contributed by atoms with E-state index < -0.39 is 0 Å². The standard InChI is InChI=1S/C15H15N3O/c1-3-11-5-7-15(19)14(9-11)18-16-12-6-4-10(2)8-13(12)17-18/h4-9,19H,3H2,1-2H3. The van der Waals surface area contributed by atoms with Crippen molar-refractivity contribution in [3.8, 4) is 11.4 Å². The summed E-state index contributed by atoms with van der Waals surface area (Å²) in [5, 5.41) is 18.8. The quantitative estimate of drug-likeness (QED) is 0.763. The van der Waals surface area contributed by atoms with Gasteiger partial charge in [-0.15, -0.1) is 15.0 Å². The van der Waals surface area contributed by atoms with E-state index >= 15 is 0 Å². The summed E-state index contributed by atoms with van der Waals surface area (Å²) < 4.78 is 0. The van der Waals surface area contributed by atoms with E-state index in [0.717, 1.165) is 28.6 Å². The van der Waals surface area contributed by atoms with E-state index in [1.54, 1.807) is 6.07 Å². The third-order valence-electron chi connectivity index (χ3n) is 3.20. The first kappa shape index (κ1) is 11.7. The molecule has 0 amide bonds. The van der Waals surface area contributed by atoms with Gasteiger partial charge in [-0.05, 0) is 48.7 Å². The van der Waals surface area contributed by atoms with Gasteiger partial charge in [-0.2, -0.15) is 0 Å². The maximum absolute atomic E-state index is 9.96. The van der Waals surface area contributed by atoms with Gasteiger partial charge in [-0.3, -0.25) is 0 Å². The summed E-state index contributed by atoms with van der Waals surface area (Å²) in [6.45, 7) is 4.10. The summed E-state index contributed by atoms with van der Waals surface area (Å²) in [5.74, 6) is 0.189. The van der Waals surface area contributed by atoms with Gasteiger partial charge in [0.15, 0.2) is 0 Å². The van der Waals surface area contributed by atoms with Crippen molar-refractivity contribution < 1.29 is 5.11 Å². The van der Waals surface area contributed by atoms with Gasteiger partial charge < -0.3 is 5.11 Å². The Labute approximate surface area is 111 Å². The fraction of sp³-hybridized carbons (Fsp3) is 0.200. The highest BCUT2D eigenvalue weighted by molar-refractivity contribution is 5.74. The van der Waals surface area contributed by atoms with Crippen LogP contribution in [0.3, 0.4) is 0 Å². The summed E-state index contributed by atoms with van der Waals surface area (Å²) in [6.07, 6.45) is 0.910. The van der Waals surface area contributed by atoms with E-state index in [1.807, 2.05) is 37.3 Å². The number of aryl methyl sites for hydroxylation is 2. The molecule has 1 aromatic heterocycles. The number of aromatic nitrogens is 3. The normalized spacial score (nSPS) is 11.1. The summed E-state index contributed by atoms with van der Waals surface area (Å²) in [4.78, 5) is 1.50. The maximum Gasteiger partial charge on any atom is 0.143 e. The van der Waals surface area contributed by atoms with Gasteiger partial charge >= 0.3 is 0 Å². The highest BCUT2D eigenvalue weighted by Crippen LogP contribution is 2.23. The molecule has 4 heteroatoms. The van der Waals surface area contributed by atoms with Crippen molar-refractivity contribution in [2.24, 2.45) is 0 Å². The van der Waals surface area contributed by atoms with Gasteiger partial charge in [0.25, 0.3) is 0 Å². The summed E-state index contributed by atoms with van der Waals surface area (Å²) in [7, 11) is 0. The Bertz CT molecular complexity index is 746. The SMILES string of the molecule is CCc1ccc(O)c(-n2nc3ccc(C)cc3n2)c1. The summed E-state index contributed by atoms with van der Waals surface area (Å²) in [6, 6.07) is 11.4. The van der Waals surface area contributed by atoms with Crippen LogP contribution in [-0.2, 0) is 6.42 Å². The minimum absolute atomic E-state index is 0.189. The number of hydrogen-bond acceptors (Lipinski definition) is 3. The van der Waals surface area contributed by atoms with Crippen LogP contribution in [0.15, 0.2) is 36.4 Å². The lowest BCUT2D eigenvalue weighted by Gasteiger charge is -2.04. The van der Waals surface area contributed by atoms with Crippen LogP contribution >= 0.6 is 0 Å². The van der Waals surface area contributed by atoms with E-state index in [4.69, 9.17) is 0 Å². The minimum atomic E-state index is 0.189. The Morgan fingerprint density at radius 3 is 2.63 bits per heavy atom. The average Bonchev–Trinajstić information content (AvgIpc) is 2.82. The molecular weight excluding hydrogens is 238 g/mol. The van der Waals surface area contributed by atoms with E-state index in [0.29, 0.717) is 5.69 Å². The highest BCUT2D eigenvalue weighted by Gasteiger charge is 2.09. The molecule has 2 aromatic carbocycles. The van der Waals surface area contributed by atoms with Gasteiger partial charge in [0.05, 0.1) is 0 Å². The number of nitrogens with zero attached hydrogens (tertiary/aromatic N) is 3. The van der Waals surface area contributed by atoms with Gasteiger partial charge in [-0.25, -0.2) is 0 Å². The number of benzene rings is 2. The molecule has 0 radical (unpaired) electrons. The topological polar surface area (TPSA) is 50.9 Å². The molecule has 0 aliphatic rings. The van der Waals surface area contributed by atoms with Crippen LogP contribution in [0.4, 0.5) is 0 Å². The molecule has 1 N–H and O–H groups in total. The molecule has 3 aromatic rings. The Kier molecular flexibility index (Phi) is 2.71. The van der Waals surface area contributed by atoms with Crippen LogP contribution < -0.4 is 0 Å². The monoisotopic (exact) mass is 253 g/mol. The molecule has 0 saturated carbocycles. The lowest BCUT2D eigenvalue weighted by atomic mass is 10.1. The minimum Gasteiger partial charge on any atom is -0.506 e. The van der Waals surface area contributed by atoms with E-state index in [-0.39, 0.29) is 5.75 Å². The molecule has 1 heterocycles. The second-order valence-corrected chi connectivity index (χ2v) is 4.66. The van der Waals surface area contributed by atoms with Crippen molar-refractivity contribution in [3.63, 3.8) is 0 Å². The lowest BCUT2D eigenvalue weighted by molar-refractivity contribution is 0.467. The Morgan fingerprint density at radius 1 is 1.05 bits per heavy atom. The highest BCUT2D eigenvalue weighted by atomic mass is 16.3. The summed E-state index contributed by atoms with van der Waals surface area (Å²) in [5.41, 5.74) is 4.57. The fourth-order valence-corrected chi connectivity index (χ4v) is 2.08. The molecule has 0 atom stereocenters. The first-order chi connectivity index (χ1) is 9.17. The predicted molar refractivity (Wildman–Crippen MR) is 74.6 cm³/mol. The first-order valence-corrected chi connectivity index (χ1v) is 6.33. The number of hydrogen-bond donors (Lipinski definition) is 1. The van der Waals surface area contributed by atoms with Crippen molar-refractivity contribution >= 4 is 11.0 Å². The molecular formula is C15H15N3O. The number of fused-ring (bicyclic) bond motifs is 1. The zero-order valence-electron chi connectivity index (χ0n) is 11.0. The Morgan fingerprint density at radius 2 is 1.84 bits per heavy atom. The first-order valence-electron chi connectivity index (χ1n) is 6.33. The van der Waals surface area contributed by atoms with E-state index in [1.165, 1.54) is 4.80 Å². The maximum atomic E-state index is 9.96. The van der Waals surface area contributed by atoms with Crippen LogP contribution in [0.2, 0.25) is 0 Å². The number of phenolic OH excluding ortho intramolecular Hbond substituents is 1. The van der Waals surface area contributed by atoms with Gasteiger partial charge in [-0.1, -0.05) is 19.1 Å². The molecule has 0 spiro atoms. The average molecular weight is 253 g/mol. The van der Waals surface area contributed by atoms with Crippen LogP contribution in [0.5, 0.6) is 5.75 Å². The second kappa shape index (κ2) is 4.39.